The van der Waals surface area contributed by atoms with Crippen LogP contribution in [0.1, 0.15) is 36.8 Å². The van der Waals surface area contributed by atoms with Gasteiger partial charge in [-0.1, -0.05) is 36.4 Å². The first-order valence-electron chi connectivity index (χ1n) is 9.81. The molecule has 2 aromatic rings. The minimum absolute atomic E-state index is 0.362. The molecular weight excluding hydrogens is 322 g/mol. The Morgan fingerprint density at radius 2 is 1.38 bits per heavy atom. The monoisotopic (exact) mass is 353 g/mol. The number of rotatable bonds is 8. The normalized spacial score (nSPS) is 15.8. The second-order valence-electron chi connectivity index (χ2n) is 7.25. The SMILES string of the molecule is COc1ccccc1CCCCc1ccccc1OC1CCN(C)CC1. The van der Waals surface area contributed by atoms with Crippen molar-refractivity contribution in [1.29, 1.82) is 0 Å². The van der Waals surface area contributed by atoms with Crippen LogP contribution in [0.15, 0.2) is 48.5 Å². The lowest BCUT2D eigenvalue weighted by Gasteiger charge is -2.30. The number of benzene rings is 2. The van der Waals surface area contributed by atoms with E-state index < -0.39 is 0 Å². The zero-order valence-corrected chi connectivity index (χ0v) is 16.1. The first-order valence-corrected chi connectivity index (χ1v) is 9.81. The number of piperidine rings is 1. The fourth-order valence-electron chi connectivity index (χ4n) is 3.65. The standard InChI is InChI=1S/C23H31NO2/c1-24-17-15-21(16-18-24)26-23-14-8-6-12-20(23)11-4-3-9-19-10-5-7-13-22(19)25-2/h5-8,10,12-14,21H,3-4,9,11,15-18H2,1-2H3. The van der Waals surface area contributed by atoms with Crippen molar-refractivity contribution in [2.75, 3.05) is 27.2 Å². The number of methoxy groups -OCH3 is 1. The van der Waals surface area contributed by atoms with E-state index in [1.807, 2.05) is 12.1 Å². The molecule has 140 valence electrons. The highest BCUT2D eigenvalue weighted by molar-refractivity contribution is 5.34. The lowest BCUT2D eigenvalue weighted by Crippen LogP contribution is -2.35. The molecule has 0 saturated carbocycles. The van der Waals surface area contributed by atoms with Gasteiger partial charge >= 0.3 is 0 Å². The molecule has 0 amide bonds. The van der Waals surface area contributed by atoms with E-state index in [4.69, 9.17) is 9.47 Å². The third-order valence-corrected chi connectivity index (χ3v) is 5.27. The van der Waals surface area contributed by atoms with E-state index in [0.717, 1.165) is 63.1 Å². The van der Waals surface area contributed by atoms with Crippen LogP contribution in [-0.2, 0) is 12.8 Å². The van der Waals surface area contributed by atoms with Crippen LogP contribution in [-0.4, -0.2) is 38.3 Å². The highest BCUT2D eigenvalue weighted by Gasteiger charge is 2.18. The summed E-state index contributed by atoms with van der Waals surface area (Å²) in [5, 5.41) is 0. The molecule has 0 aromatic heterocycles. The predicted octanol–water partition coefficient (Wildman–Crippen LogP) is 4.73. The molecule has 3 nitrogen and oxygen atoms in total. The number of hydrogen-bond acceptors (Lipinski definition) is 3. The summed E-state index contributed by atoms with van der Waals surface area (Å²) >= 11 is 0. The maximum Gasteiger partial charge on any atom is 0.122 e. The minimum atomic E-state index is 0.362. The van der Waals surface area contributed by atoms with Crippen LogP contribution in [0.4, 0.5) is 0 Å². The summed E-state index contributed by atoms with van der Waals surface area (Å²) in [7, 11) is 3.93. The number of unbranched alkanes of at least 4 members (excludes halogenated alkanes) is 1. The first kappa shape index (κ1) is 18.8. The van der Waals surface area contributed by atoms with E-state index in [1.165, 1.54) is 11.1 Å². The summed E-state index contributed by atoms with van der Waals surface area (Å²) < 4.78 is 11.8. The molecule has 0 N–H and O–H groups in total. The van der Waals surface area contributed by atoms with Gasteiger partial charge in [0.1, 0.15) is 17.6 Å². The molecule has 1 saturated heterocycles. The summed E-state index contributed by atoms with van der Waals surface area (Å²) in [6.07, 6.45) is 7.05. The Kier molecular flexibility index (Phi) is 6.96. The molecule has 0 spiro atoms. The van der Waals surface area contributed by atoms with E-state index in [-0.39, 0.29) is 0 Å². The number of ether oxygens (including phenoxy) is 2. The molecule has 3 rings (SSSR count). The zero-order chi connectivity index (χ0) is 18.2. The Morgan fingerprint density at radius 1 is 0.846 bits per heavy atom. The van der Waals surface area contributed by atoms with Gasteiger partial charge in [0.25, 0.3) is 0 Å². The summed E-state index contributed by atoms with van der Waals surface area (Å²) in [6, 6.07) is 16.9. The Morgan fingerprint density at radius 3 is 2.00 bits per heavy atom. The Hall–Kier alpha value is -2.00. The largest absolute Gasteiger partial charge is 0.496 e. The van der Waals surface area contributed by atoms with Gasteiger partial charge in [-0.05, 0) is 68.8 Å². The summed E-state index contributed by atoms with van der Waals surface area (Å²) in [6.45, 7) is 2.26. The van der Waals surface area contributed by atoms with Crippen molar-refractivity contribution in [3.63, 3.8) is 0 Å². The highest BCUT2D eigenvalue weighted by atomic mass is 16.5. The van der Waals surface area contributed by atoms with Crippen LogP contribution in [0.3, 0.4) is 0 Å². The van der Waals surface area contributed by atoms with Gasteiger partial charge in [-0.15, -0.1) is 0 Å². The molecule has 0 radical (unpaired) electrons. The van der Waals surface area contributed by atoms with E-state index in [9.17, 15) is 0 Å². The van der Waals surface area contributed by atoms with Crippen LogP contribution in [0.25, 0.3) is 0 Å². The number of hydrogen-bond donors (Lipinski definition) is 0. The summed E-state index contributed by atoms with van der Waals surface area (Å²) in [4.78, 5) is 2.38. The Labute approximate surface area is 157 Å². The maximum atomic E-state index is 6.34. The molecule has 0 atom stereocenters. The molecule has 0 aliphatic carbocycles. The van der Waals surface area contributed by atoms with Gasteiger partial charge in [-0.3, -0.25) is 0 Å². The Bertz CT molecular complexity index is 677. The van der Waals surface area contributed by atoms with Crippen molar-refractivity contribution in [2.45, 2.75) is 44.6 Å². The molecule has 3 heteroatoms. The lowest BCUT2D eigenvalue weighted by atomic mass is 10.0. The Balaban J connectivity index is 1.50. The van der Waals surface area contributed by atoms with Crippen LogP contribution in [0.2, 0.25) is 0 Å². The van der Waals surface area contributed by atoms with Crippen molar-refractivity contribution >= 4 is 0 Å². The second kappa shape index (κ2) is 9.63. The molecule has 2 aromatic carbocycles. The molecule has 1 fully saturated rings. The highest BCUT2D eigenvalue weighted by Crippen LogP contribution is 2.25. The molecule has 0 unspecified atom stereocenters. The van der Waals surface area contributed by atoms with Crippen molar-refractivity contribution in [1.82, 2.24) is 4.90 Å². The van der Waals surface area contributed by atoms with Gasteiger partial charge in [-0.25, -0.2) is 0 Å². The van der Waals surface area contributed by atoms with Gasteiger partial charge in [0.15, 0.2) is 0 Å². The summed E-state index contributed by atoms with van der Waals surface area (Å²) in [5.74, 6) is 2.08. The molecule has 26 heavy (non-hydrogen) atoms. The van der Waals surface area contributed by atoms with Crippen molar-refractivity contribution in [3.8, 4) is 11.5 Å². The van der Waals surface area contributed by atoms with Crippen molar-refractivity contribution in [2.24, 2.45) is 0 Å². The fourth-order valence-corrected chi connectivity index (χ4v) is 3.65. The van der Waals surface area contributed by atoms with Crippen LogP contribution < -0.4 is 9.47 Å². The number of para-hydroxylation sites is 2. The minimum Gasteiger partial charge on any atom is -0.496 e. The van der Waals surface area contributed by atoms with Crippen molar-refractivity contribution in [3.05, 3.63) is 59.7 Å². The quantitative estimate of drug-likeness (QED) is 0.640. The van der Waals surface area contributed by atoms with Crippen LogP contribution in [0.5, 0.6) is 11.5 Å². The van der Waals surface area contributed by atoms with Gasteiger partial charge < -0.3 is 14.4 Å². The molecule has 1 aliphatic heterocycles. The van der Waals surface area contributed by atoms with Gasteiger partial charge in [-0.2, -0.15) is 0 Å². The van der Waals surface area contributed by atoms with Gasteiger partial charge in [0.2, 0.25) is 0 Å². The molecule has 1 heterocycles. The van der Waals surface area contributed by atoms with E-state index in [1.54, 1.807) is 7.11 Å². The van der Waals surface area contributed by atoms with Gasteiger partial charge in [0.05, 0.1) is 7.11 Å². The number of nitrogens with zero attached hydrogens (tertiary/aromatic N) is 1. The van der Waals surface area contributed by atoms with Crippen LogP contribution >= 0.6 is 0 Å². The molecule has 0 bridgehead atoms. The smallest absolute Gasteiger partial charge is 0.122 e. The molecule has 1 aliphatic rings. The summed E-state index contributed by atoms with van der Waals surface area (Å²) in [5.41, 5.74) is 2.64. The predicted molar refractivity (Wildman–Crippen MR) is 107 cm³/mol. The zero-order valence-electron chi connectivity index (χ0n) is 16.1. The fraction of sp³-hybridized carbons (Fsp3) is 0.478. The average molecular weight is 354 g/mol. The van der Waals surface area contributed by atoms with Crippen molar-refractivity contribution < 1.29 is 9.47 Å². The van der Waals surface area contributed by atoms with Crippen LogP contribution in [0, 0.1) is 0 Å². The topological polar surface area (TPSA) is 21.7 Å². The second-order valence-corrected chi connectivity index (χ2v) is 7.25. The van der Waals surface area contributed by atoms with Gasteiger partial charge in [0, 0.05) is 13.1 Å². The lowest BCUT2D eigenvalue weighted by molar-refractivity contribution is 0.113. The van der Waals surface area contributed by atoms with E-state index in [2.05, 4.69) is 48.3 Å². The third kappa shape index (κ3) is 5.25. The van der Waals surface area contributed by atoms with E-state index >= 15 is 0 Å². The number of aryl methyl sites for hydroxylation is 2. The third-order valence-electron chi connectivity index (χ3n) is 5.27. The first-order chi connectivity index (χ1) is 12.8. The molecular formula is C23H31NO2. The maximum absolute atomic E-state index is 6.34. The van der Waals surface area contributed by atoms with E-state index in [0.29, 0.717) is 6.10 Å². The average Bonchev–Trinajstić information content (AvgIpc) is 2.68. The number of likely N-dealkylation sites (tertiary alicyclic amines) is 1.